The van der Waals surface area contributed by atoms with Crippen molar-refractivity contribution in [3.8, 4) is 0 Å². The van der Waals surface area contributed by atoms with Crippen LogP contribution in [-0.2, 0) is 17.7 Å². The summed E-state index contributed by atoms with van der Waals surface area (Å²) >= 11 is 0. The van der Waals surface area contributed by atoms with Crippen molar-refractivity contribution < 1.29 is 4.74 Å². The van der Waals surface area contributed by atoms with Gasteiger partial charge < -0.3 is 9.30 Å². The Bertz CT molecular complexity index is 562. The SMILES string of the molecule is CC1(C)CC(c2nccn2CCCc2nn[nH]n2)CCO1. The molecule has 1 fully saturated rings. The van der Waals surface area contributed by atoms with Crippen molar-refractivity contribution in [2.75, 3.05) is 6.61 Å². The first-order chi connectivity index (χ1) is 10.1. The van der Waals surface area contributed by atoms with Gasteiger partial charge >= 0.3 is 0 Å². The van der Waals surface area contributed by atoms with E-state index in [1.165, 1.54) is 5.82 Å². The maximum Gasteiger partial charge on any atom is 0.174 e. The van der Waals surface area contributed by atoms with E-state index < -0.39 is 0 Å². The topological polar surface area (TPSA) is 81.5 Å². The van der Waals surface area contributed by atoms with Gasteiger partial charge in [0.15, 0.2) is 5.82 Å². The molecule has 0 amide bonds. The number of nitrogens with one attached hydrogen (secondary N) is 1. The number of rotatable bonds is 5. The Labute approximate surface area is 124 Å². The van der Waals surface area contributed by atoms with Gasteiger partial charge in [0, 0.05) is 37.9 Å². The molecule has 0 aliphatic carbocycles. The van der Waals surface area contributed by atoms with Crippen LogP contribution in [-0.4, -0.2) is 42.4 Å². The highest BCUT2D eigenvalue weighted by molar-refractivity contribution is 5.04. The van der Waals surface area contributed by atoms with E-state index in [9.17, 15) is 0 Å². The number of tetrazole rings is 1. The van der Waals surface area contributed by atoms with Crippen LogP contribution in [0.4, 0.5) is 0 Å². The summed E-state index contributed by atoms with van der Waals surface area (Å²) in [4.78, 5) is 4.58. The standard InChI is InChI=1S/C14H22N6O/c1-14(2)10-11(5-9-21-14)13-15-6-8-20(13)7-3-4-12-16-18-19-17-12/h6,8,11H,3-5,7,9-10H2,1-2H3,(H,16,17,18,19). The smallest absolute Gasteiger partial charge is 0.174 e. The van der Waals surface area contributed by atoms with Crippen LogP contribution < -0.4 is 0 Å². The third-order valence-corrected chi connectivity index (χ3v) is 4.00. The summed E-state index contributed by atoms with van der Waals surface area (Å²) in [6, 6.07) is 0. The normalized spacial score (nSPS) is 21.5. The molecule has 2 aromatic heterocycles. The van der Waals surface area contributed by atoms with Crippen LogP contribution in [0.15, 0.2) is 12.4 Å². The third kappa shape index (κ3) is 3.47. The van der Waals surface area contributed by atoms with Crippen molar-refractivity contribution in [3.05, 3.63) is 24.0 Å². The van der Waals surface area contributed by atoms with Crippen LogP contribution in [0.25, 0.3) is 0 Å². The number of H-pyrrole nitrogens is 1. The summed E-state index contributed by atoms with van der Waals surface area (Å²) in [5.74, 6) is 2.43. The lowest BCUT2D eigenvalue weighted by Crippen LogP contribution is -2.34. The first kappa shape index (κ1) is 14.2. The van der Waals surface area contributed by atoms with Gasteiger partial charge in [-0.05, 0) is 33.1 Å². The molecule has 0 radical (unpaired) electrons. The molecule has 0 bridgehead atoms. The summed E-state index contributed by atoms with van der Waals surface area (Å²) in [7, 11) is 0. The van der Waals surface area contributed by atoms with Gasteiger partial charge in [-0.2, -0.15) is 5.21 Å². The van der Waals surface area contributed by atoms with Crippen molar-refractivity contribution >= 4 is 0 Å². The lowest BCUT2D eigenvalue weighted by molar-refractivity contribution is -0.0606. The molecule has 0 saturated carbocycles. The van der Waals surface area contributed by atoms with Crippen LogP contribution in [0.1, 0.15) is 50.7 Å². The number of aromatic nitrogens is 6. The Balaban J connectivity index is 1.61. The Morgan fingerprint density at radius 1 is 1.48 bits per heavy atom. The third-order valence-electron chi connectivity index (χ3n) is 4.00. The highest BCUT2D eigenvalue weighted by Crippen LogP contribution is 2.34. The minimum atomic E-state index is -0.0513. The minimum absolute atomic E-state index is 0.0513. The van der Waals surface area contributed by atoms with Crippen molar-refractivity contribution in [1.29, 1.82) is 0 Å². The zero-order valence-electron chi connectivity index (χ0n) is 12.6. The van der Waals surface area contributed by atoms with E-state index in [2.05, 4.69) is 50.2 Å². The molecule has 7 nitrogen and oxygen atoms in total. The average Bonchev–Trinajstić information content (AvgIpc) is 3.08. The molecule has 7 heteroatoms. The summed E-state index contributed by atoms with van der Waals surface area (Å²) in [5, 5.41) is 14.0. The van der Waals surface area contributed by atoms with Gasteiger partial charge in [-0.25, -0.2) is 4.98 Å². The maximum absolute atomic E-state index is 5.80. The van der Waals surface area contributed by atoms with Gasteiger partial charge in [-0.1, -0.05) is 5.21 Å². The number of nitrogens with zero attached hydrogens (tertiary/aromatic N) is 5. The van der Waals surface area contributed by atoms with Crippen molar-refractivity contribution in [1.82, 2.24) is 30.2 Å². The van der Waals surface area contributed by atoms with E-state index >= 15 is 0 Å². The van der Waals surface area contributed by atoms with E-state index in [-0.39, 0.29) is 5.60 Å². The molecule has 3 heterocycles. The molecule has 1 atom stereocenters. The van der Waals surface area contributed by atoms with Crippen molar-refractivity contribution in [3.63, 3.8) is 0 Å². The summed E-state index contributed by atoms with van der Waals surface area (Å²) in [6.07, 6.45) is 7.84. The first-order valence-electron chi connectivity index (χ1n) is 7.51. The second-order valence-electron chi connectivity index (χ2n) is 6.21. The molecule has 3 rings (SSSR count). The number of aryl methyl sites for hydroxylation is 2. The van der Waals surface area contributed by atoms with Crippen LogP contribution in [0.2, 0.25) is 0 Å². The fourth-order valence-corrected chi connectivity index (χ4v) is 3.02. The largest absolute Gasteiger partial charge is 0.376 e. The van der Waals surface area contributed by atoms with Gasteiger partial charge in [-0.15, -0.1) is 10.2 Å². The molecule has 21 heavy (non-hydrogen) atoms. The number of aromatic amines is 1. The predicted octanol–water partition coefficient (Wildman–Crippen LogP) is 1.70. The van der Waals surface area contributed by atoms with Gasteiger partial charge in [0.05, 0.1) is 5.60 Å². The van der Waals surface area contributed by atoms with Crippen molar-refractivity contribution in [2.45, 2.75) is 57.6 Å². The minimum Gasteiger partial charge on any atom is -0.376 e. The zero-order valence-corrected chi connectivity index (χ0v) is 12.6. The Morgan fingerprint density at radius 2 is 2.38 bits per heavy atom. The van der Waals surface area contributed by atoms with Crippen molar-refractivity contribution in [2.24, 2.45) is 0 Å². The molecule has 0 spiro atoms. The lowest BCUT2D eigenvalue weighted by atomic mass is 9.88. The van der Waals surface area contributed by atoms with Gasteiger partial charge in [-0.3, -0.25) is 0 Å². The number of imidazole rings is 1. The van der Waals surface area contributed by atoms with E-state index in [0.29, 0.717) is 5.92 Å². The molecule has 1 aliphatic rings. The van der Waals surface area contributed by atoms with Gasteiger partial charge in [0.2, 0.25) is 0 Å². The first-order valence-corrected chi connectivity index (χ1v) is 7.51. The van der Waals surface area contributed by atoms with Crippen LogP contribution in [0, 0.1) is 0 Å². The van der Waals surface area contributed by atoms with E-state index in [1.807, 2.05) is 6.20 Å². The second-order valence-corrected chi connectivity index (χ2v) is 6.21. The Hall–Kier alpha value is -1.76. The number of hydrogen-bond acceptors (Lipinski definition) is 5. The highest BCUT2D eigenvalue weighted by Gasteiger charge is 2.31. The Kier molecular flexibility index (Phi) is 4.01. The van der Waals surface area contributed by atoms with Crippen LogP contribution in [0.3, 0.4) is 0 Å². The molecule has 2 aromatic rings. The summed E-state index contributed by atoms with van der Waals surface area (Å²) in [5.41, 5.74) is -0.0513. The Morgan fingerprint density at radius 3 is 3.14 bits per heavy atom. The summed E-state index contributed by atoms with van der Waals surface area (Å²) < 4.78 is 8.06. The molecular weight excluding hydrogens is 268 g/mol. The maximum atomic E-state index is 5.80. The predicted molar refractivity (Wildman–Crippen MR) is 76.7 cm³/mol. The monoisotopic (exact) mass is 290 g/mol. The quantitative estimate of drug-likeness (QED) is 0.906. The highest BCUT2D eigenvalue weighted by atomic mass is 16.5. The fourth-order valence-electron chi connectivity index (χ4n) is 3.02. The molecule has 0 aromatic carbocycles. The number of hydrogen-bond donors (Lipinski definition) is 1. The van der Waals surface area contributed by atoms with Crippen LogP contribution >= 0.6 is 0 Å². The number of ether oxygens (including phenoxy) is 1. The van der Waals surface area contributed by atoms with E-state index in [4.69, 9.17) is 4.74 Å². The van der Waals surface area contributed by atoms with Gasteiger partial charge in [0.1, 0.15) is 5.82 Å². The second kappa shape index (κ2) is 5.93. The van der Waals surface area contributed by atoms with Crippen LogP contribution in [0.5, 0.6) is 0 Å². The zero-order chi connectivity index (χ0) is 14.7. The average molecular weight is 290 g/mol. The summed E-state index contributed by atoms with van der Waals surface area (Å²) in [6.45, 7) is 6.06. The van der Waals surface area contributed by atoms with Gasteiger partial charge in [0.25, 0.3) is 0 Å². The fraction of sp³-hybridized carbons (Fsp3) is 0.714. The molecule has 114 valence electrons. The van der Waals surface area contributed by atoms with E-state index in [0.717, 1.165) is 44.7 Å². The molecule has 1 N–H and O–H groups in total. The lowest BCUT2D eigenvalue weighted by Gasteiger charge is -2.35. The molecule has 1 unspecified atom stereocenters. The molecular formula is C14H22N6O. The van der Waals surface area contributed by atoms with E-state index in [1.54, 1.807) is 0 Å². The molecule has 1 aliphatic heterocycles. The molecule has 1 saturated heterocycles.